The molecule has 1 fully saturated rings. The van der Waals surface area contributed by atoms with E-state index in [0.717, 1.165) is 25.7 Å². The highest BCUT2D eigenvalue weighted by Crippen LogP contribution is 2.23. The summed E-state index contributed by atoms with van der Waals surface area (Å²) in [6.07, 6.45) is 5.36. The minimum atomic E-state index is -0.586. The van der Waals surface area contributed by atoms with E-state index in [2.05, 4.69) is 24.5 Å². The predicted molar refractivity (Wildman–Crippen MR) is 84.0 cm³/mol. The second-order valence-electron chi connectivity index (χ2n) is 5.85. The van der Waals surface area contributed by atoms with Crippen LogP contribution in [0.4, 0.5) is 5.69 Å². The third kappa shape index (κ3) is 4.31. The largest absolute Gasteiger partial charge is 0.345 e. The average Bonchev–Trinajstić information content (AvgIpc) is 2.50. The highest BCUT2D eigenvalue weighted by atomic mass is 16.2. The van der Waals surface area contributed by atoms with Gasteiger partial charge in [-0.25, -0.2) is 0 Å². The summed E-state index contributed by atoms with van der Waals surface area (Å²) in [7, 11) is 0. The number of aryl methyl sites for hydroxylation is 1. The summed E-state index contributed by atoms with van der Waals surface area (Å²) >= 11 is 0. The maximum atomic E-state index is 12.0. The number of hydrogen-bond acceptors (Lipinski definition) is 2. The van der Waals surface area contributed by atoms with Crippen molar-refractivity contribution in [1.29, 1.82) is 0 Å². The second-order valence-corrected chi connectivity index (χ2v) is 5.85. The van der Waals surface area contributed by atoms with Gasteiger partial charge in [-0.05, 0) is 42.9 Å². The molecule has 0 saturated heterocycles. The van der Waals surface area contributed by atoms with Crippen molar-refractivity contribution in [2.45, 2.75) is 52.0 Å². The first-order valence-corrected chi connectivity index (χ1v) is 7.81. The third-order valence-corrected chi connectivity index (χ3v) is 4.25. The van der Waals surface area contributed by atoms with E-state index in [1.165, 1.54) is 12.0 Å². The van der Waals surface area contributed by atoms with Crippen molar-refractivity contribution in [1.82, 2.24) is 5.32 Å². The van der Waals surface area contributed by atoms with Crippen LogP contribution >= 0.6 is 0 Å². The van der Waals surface area contributed by atoms with Gasteiger partial charge in [-0.15, -0.1) is 0 Å². The summed E-state index contributed by atoms with van der Waals surface area (Å²) < 4.78 is 0. The fraction of sp³-hybridized carbons (Fsp3) is 0.529. The summed E-state index contributed by atoms with van der Waals surface area (Å²) in [5, 5.41) is 5.51. The highest BCUT2D eigenvalue weighted by molar-refractivity contribution is 6.39. The van der Waals surface area contributed by atoms with Gasteiger partial charge in [0.15, 0.2) is 0 Å². The maximum absolute atomic E-state index is 12.0. The molecule has 1 saturated carbocycles. The summed E-state index contributed by atoms with van der Waals surface area (Å²) in [5.41, 5.74) is 1.86. The van der Waals surface area contributed by atoms with E-state index < -0.39 is 11.8 Å². The maximum Gasteiger partial charge on any atom is 0.313 e. The number of hydrogen-bond donors (Lipinski definition) is 2. The number of carbonyl (C=O) groups excluding carboxylic acids is 2. The fourth-order valence-corrected chi connectivity index (χ4v) is 2.78. The van der Waals surface area contributed by atoms with Crippen LogP contribution in [0.15, 0.2) is 24.3 Å². The van der Waals surface area contributed by atoms with E-state index in [4.69, 9.17) is 0 Å². The van der Waals surface area contributed by atoms with Crippen molar-refractivity contribution >= 4 is 17.5 Å². The Kier molecular flexibility index (Phi) is 5.37. The minimum absolute atomic E-state index is 0.125. The van der Waals surface area contributed by atoms with Crippen LogP contribution in [0, 0.1) is 5.92 Å². The number of rotatable bonds is 3. The summed E-state index contributed by atoms with van der Waals surface area (Å²) in [6, 6.07) is 7.69. The number of benzene rings is 1. The van der Waals surface area contributed by atoms with Gasteiger partial charge in [0.1, 0.15) is 0 Å². The molecule has 2 rings (SSSR count). The van der Waals surface area contributed by atoms with E-state index in [1.54, 1.807) is 0 Å². The molecule has 1 aromatic rings. The molecule has 0 spiro atoms. The first-order chi connectivity index (χ1) is 10.1. The molecule has 4 nitrogen and oxygen atoms in total. The smallest absolute Gasteiger partial charge is 0.313 e. The normalized spacial score (nSPS) is 21.6. The van der Waals surface area contributed by atoms with Crippen LogP contribution in [-0.2, 0) is 16.0 Å². The minimum Gasteiger partial charge on any atom is -0.345 e. The summed E-state index contributed by atoms with van der Waals surface area (Å²) in [5.74, 6) is -0.676. The Morgan fingerprint density at radius 2 is 1.76 bits per heavy atom. The molecule has 114 valence electrons. The molecule has 1 aliphatic rings. The Morgan fingerprint density at radius 1 is 1.10 bits per heavy atom. The molecule has 0 unspecified atom stereocenters. The molecule has 2 N–H and O–H groups in total. The lowest BCUT2D eigenvalue weighted by Crippen LogP contribution is -2.45. The van der Waals surface area contributed by atoms with Gasteiger partial charge in [0, 0.05) is 11.7 Å². The third-order valence-electron chi connectivity index (χ3n) is 4.25. The number of carbonyl (C=O) groups is 2. The van der Waals surface area contributed by atoms with Crippen LogP contribution < -0.4 is 10.6 Å². The average molecular weight is 288 g/mol. The van der Waals surface area contributed by atoms with Crippen molar-refractivity contribution in [2.75, 3.05) is 5.32 Å². The second kappa shape index (κ2) is 7.25. The molecule has 0 heterocycles. The molecular weight excluding hydrogens is 264 g/mol. The van der Waals surface area contributed by atoms with E-state index in [9.17, 15) is 9.59 Å². The Bertz CT molecular complexity index is 496. The lowest BCUT2D eigenvalue weighted by atomic mass is 9.86. The predicted octanol–water partition coefficient (Wildman–Crippen LogP) is 2.88. The van der Waals surface area contributed by atoms with Crippen molar-refractivity contribution < 1.29 is 9.59 Å². The molecular formula is C17H24N2O2. The van der Waals surface area contributed by atoms with Gasteiger partial charge >= 0.3 is 11.8 Å². The van der Waals surface area contributed by atoms with Gasteiger partial charge in [-0.2, -0.15) is 0 Å². The van der Waals surface area contributed by atoms with Gasteiger partial charge in [0.2, 0.25) is 0 Å². The Morgan fingerprint density at radius 3 is 2.38 bits per heavy atom. The standard InChI is InChI=1S/C17H24N2O2/c1-3-13-8-10-14(11-9-13)18-16(20)17(21)19-15-7-5-4-6-12(15)2/h8-12,15H,3-7H2,1-2H3,(H,18,20)(H,19,21)/t12-,15-/m1/s1. The van der Waals surface area contributed by atoms with E-state index in [1.807, 2.05) is 24.3 Å². The molecule has 0 aliphatic heterocycles. The van der Waals surface area contributed by atoms with Gasteiger partial charge in [-0.3, -0.25) is 9.59 Å². The first-order valence-electron chi connectivity index (χ1n) is 7.81. The van der Waals surface area contributed by atoms with Gasteiger partial charge in [0.05, 0.1) is 0 Å². The zero-order chi connectivity index (χ0) is 15.2. The molecule has 21 heavy (non-hydrogen) atoms. The van der Waals surface area contributed by atoms with E-state index >= 15 is 0 Å². The molecule has 0 aromatic heterocycles. The zero-order valence-electron chi connectivity index (χ0n) is 12.8. The molecule has 2 amide bonds. The number of anilines is 1. The lowest BCUT2D eigenvalue weighted by molar-refractivity contribution is -0.137. The molecule has 0 radical (unpaired) electrons. The summed E-state index contributed by atoms with van der Waals surface area (Å²) in [6.45, 7) is 4.21. The Balaban J connectivity index is 1.88. The molecule has 1 aliphatic carbocycles. The number of nitrogens with one attached hydrogen (secondary N) is 2. The van der Waals surface area contributed by atoms with Crippen LogP contribution in [0.2, 0.25) is 0 Å². The molecule has 1 aromatic carbocycles. The topological polar surface area (TPSA) is 58.2 Å². The Labute approximate surface area is 126 Å². The lowest BCUT2D eigenvalue weighted by Gasteiger charge is -2.29. The van der Waals surface area contributed by atoms with Crippen LogP contribution in [0.1, 0.15) is 45.1 Å². The summed E-state index contributed by atoms with van der Waals surface area (Å²) in [4.78, 5) is 23.9. The highest BCUT2D eigenvalue weighted by Gasteiger charge is 2.25. The molecule has 2 atom stereocenters. The van der Waals surface area contributed by atoms with Crippen LogP contribution in [0.3, 0.4) is 0 Å². The first kappa shape index (κ1) is 15.5. The Hall–Kier alpha value is -1.84. The van der Waals surface area contributed by atoms with Crippen molar-refractivity contribution in [2.24, 2.45) is 5.92 Å². The monoisotopic (exact) mass is 288 g/mol. The SMILES string of the molecule is CCc1ccc(NC(=O)C(=O)N[C@@H]2CCCC[C@H]2C)cc1. The zero-order valence-corrected chi connectivity index (χ0v) is 12.8. The van der Waals surface area contributed by atoms with Gasteiger partial charge in [-0.1, -0.05) is 38.8 Å². The van der Waals surface area contributed by atoms with Gasteiger partial charge in [0.25, 0.3) is 0 Å². The van der Waals surface area contributed by atoms with Crippen molar-refractivity contribution in [3.8, 4) is 0 Å². The van der Waals surface area contributed by atoms with Crippen LogP contribution in [-0.4, -0.2) is 17.9 Å². The van der Waals surface area contributed by atoms with Crippen molar-refractivity contribution in [3.63, 3.8) is 0 Å². The van der Waals surface area contributed by atoms with E-state index in [0.29, 0.717) is 11.6 Å². The van der Waals surface area contributed by atoms with Crippen LogP contribution in [0.5, 0.6) is 0 Å². The van der Waals surface area contributed by atoms with Gasteiger partial charge < -0.3 is 10.6 Å². The van der Waals surface area contributed by atoms with E-state index in [-0.39, 0.29) is 6.04 Å². The molecule has 0 bridgehead atoms. The molecule has 4 heteroatoms. The van der Waals surface area contributed by atoms with Crippen molar-refractivity contribution in [3.05, 3.63) is 29.8 Å². The number of amides is 2. The fourth-order valence-electron chi connectivity index (χ4n) is 2.78. The quantitative estimate of drug-likeness (QED) is 0.840. The van der Waals surface area contributed by atoms with Crippen LogP contribution in [0.25, 0.3) is 0 Å².